The number of hydrogen-bond donors (Lipinski definition) is 0. The number of aryl methyl sites for hydroxylation is 1. The SMILES string of the molecule is COC(=O)N1c2ccc3c(nc(C[C@@H]4CCCOC4)n3[C@@H]3CCC[C@@H](C(C)=O)C3)c2CC[C@@H]1C. The average Bonchev–Trinajstić information content (AvgIpc) is 3.22. The first-order chi connectivity index (χ1) is 16.5. The smallest absolute Gasteiger partial charge is 0.414 e. The highest BCUT2D eigenvalue weighted by Crippen LogP contribution is 2.41. The number of carbonyl (C=O) groups excluding carboxylic acids is 2. The van der Waals surface area contributed by atoms with E-state index in [4.69, 9.17) is 14.5 Å². The van der Waals surface area contributed by atoms with Crippen LogP contribution in [0.2, 0.25) is 0 Å². The van der Waals surface area contributed by atoms with Gasteiger partial charge < -0.3 is 14.0 Å². The fraction of sp³-hybridized carbons (Fsp3) is 0.667. The van der Waals surface area contributed by atoms with Gasteiger partial charge in [-0.2, -0.15) is 0 Å². The van der Waals surface area contributed by atoms with E-state index in [9.17, 15) is 9.59 Å². The zero-order valence-corrected chi connectivity index (χ0v) is 20.7. The van der Waals surface area contributed by atoms with E-state index < -0.39 is 0 Å². The summed E-state index contributed by atoms with van der Waals surface area (Å²) in [4.78, 5) is 31.9. The molecule has 0 radical (unpaired) electrons. The van der Waals surface area contributed by atoms with Gasteiger partial charge in [0.25, 0.3) is 0 Å². The van der Waals surface area contributed by atoms with Crippen molar-refractivity contribution in [2.24, 2.45) is 11.8 Å². The molecule has 184 valence electrons. The summed E-state index contributed by atoms with van der Waals surface area (Å²) in [6, 6.07) is 4.58. The van der Waals surface area contributed by atoms with Gasteiger partial charge in [-0.25, -0.2) is 9.78 Å². The number of ether oxygens (including phenoxy) is 2. The van der Waals surface area contributed by atoms with Crippen LogP contribution >= 0.6 is 0 Å². The standard InChI is InChI=1S/C27H37N3O4/c1-17-9-10-22-23(29(17)27(32)33-3)11-12-24-26(22)28-25(14-19-6-5-13-34-16-19)30(24)21-8-4-7-20(15-21)18(2)31/h11-12,17,19-21H,4-10,13-16H2,1-3H3/t17-,19-,20+,21+/m0/s1. The number of hydrogen-bond acceptors (Lipinski definition) is 5. The van der Waals surface area contributed by atoms with E-state index in [2.05, 4.69) is 23.6 Å². The molecule has 7 heteroatoms. The Morgan fingerprint density at radius 1 is 1.18 bits per heavy atom. The molecule has 0 N–H and O–H groups in total. The summed E-state index contributed by atoms with van der Waals surface area (Å²) in [5.74, 6) is 2.02. The highest BCUT2D eigenvalue weighted by molar-refractivity contribution is 5.95. The van der Waals surface area contributed by atoms with Gasteiger partial charge in [-0.3, -0.25) is 9.69 Å². The van der Waals surface area contributed by atoms with Crippen molar-refractivity contribution in [3.8, 4) is 0 Å². The summed E-state index contributed by atoms with van der Waals surface area (Å²) in [5, 5.41) is 0. The molecule has 0 bridgehead atoms. The third-order valence-electron chi connectivity index (χ3n) is 8.21. The van der Waals surface area contributed by atoms with Crippen LogP contribution in [0.15, 0.2) is 12.1 Å². The number of benzene rings is 1. The molecule has 5 rings (SSSR count). The minimum atomic E-state index is -0.316. The molecule has 3 aliphatic rings. The molecular weight excluding hydrogens is 430 g/mol. The van der Waals surface area contributed by atoms with Crippen molar-refractivity contribution in [3.05, 3.63) is 23.5 Å². The molecule has 0 unspecified atom stereocenters. The van der Waals surface area contributed by atoms with E-state index in [1.54, 1.807) is 11.8 Å². The summed E-state index contributed by atoms with van der Waals surface area (Å²) in [6.07, 6.45) is 8.64. The zero-order chi connectivity index (χ0) is 23.8. The Morgan fingerprint density at radius 3 is 2.76 bits per heavy atom. The number of Topliss-reactive ketones (excluding diaryl/α,β-unsaturated/α-hetero) is 1. The second-order valence-corrected chi connectivity index (χ2v) is 10.5. The highest BCUT2D eigenvalue weighted by atomic mass is 16.5. The van der Waals surface area contributed by atoms with E-state index in [0.29, 0.717) is 11.7 Å². The largest absolute Gasteiger partial charge is 0.452 e. The van der Waals surface area contributed by atoms with Crippen molar-refractivity contribution in [3.63, 3.8) is 0 Å². The number of fused-ring (bicyclic) bond motifs is 3. The molecule has 1 aromatic carbocycles. The fourth-order valence-corrected chi connectivity index (χ4v) is 6.37. The van der Waals surface area contributed by atoms with Crippen LogP contribution in [0.1, 0.15) is 76.2 Å². The predicted molar refractivity (Wildman–Crippen MR) is 131 cm³/mol. The molecule has 4 atom stereocenters. The highest BCUT2D eigenvalue weighted by Gasteiger charge is 2.34. The molecule has 1 aliphatic carbocycles. The normalized spacial score (nSPS) is 27.4. The second-order valence-electron chi connectivity index (χ2n) is 10.5. The Labute approximate surface area is 201 Å². The van der Waals surface area contributed by atoms with Crippen molar-refractivity contribution < 1.29 is 19.1 Å². The van der Waals surface area contributed by atoms with Crippen molar-refractivity contribution in [1.82, 2.24) is 9.55 Å². The lowest BCUT2D eigenvalue weighted by Crippen LogP contribution is -2.42. The third kappa shape index (κ3) is 4.23. The first kappa shape index (κ1) is 23.3. The second kappa shape index (κ2) is 9.68. The molecule has 7 nitrogen and oxygen atoms in total. The number of ketones is 1. The quantitative estimate of drug-likeness (QED) is 0.615. The van der Waals surface area contributed by atoms with E-state index in [-0.39, 0.29) is 24.1 Å². The van der Waals surface area contributed by atoms with Gasteiger partial charge in [0, 0.05) is 43.2 Å². The van der Waals surface area contributed by atoms with Crippen LogP contribution in [0.3, 0.4) is 0 Å². The number of amides is 1. The van der Waals surface area contributed by atoms with E-state index in [1.807, 2.05) is 0 Å². The molecule has 1 amide bonds. The minimum Gasteiger partial charge on any atom is -0.452 e. The van der Waals surface area contributed by atoms with Crippen LogP contribution < -0.4 is 4.90 Å². The lowest BCUT2D eigenvalue weighted by Gasteiger charge is -2.34. The van der Waals surface area contributed by atoms with E-state index in [0.717, 1.165) is 99.1 Å². The van der Waals surface area contributed by atoms with E-state index in [1.165, 1.54) is 7.11 Å². The lowest BCUT2D eigenvalue weighted by atomic mass is 9.83. The molecule has 2 aromatic rings. The number of methoxy groups -OCH3 is 1. The number of nitrogens with zero attached hydrogens (tertiary/aromatic N) is 3. The van der Waals surface area contributed by atoms with Gasteiger partial charge in [-0.1, -0.05) is 6.42 Å². The summed E-state index contributed by atoms with van der Waals surface area (Å²) in [7, 11) is 1.44. The number of anilines is 1. The van der Waals surface area contributed by atoms with Gasteiger partial charge in [0.15, 0.2) is 0 Å². The maximum absolute atomic E-state index is 12.6. The topological polar surface area (TPSA) is 73.7 Å². The predicted octanol–water partition coefficient (Wildman–Crippen LogP) is 5.23. The Morgan fingerprint density at radius 2 is 2.03 bits per heavy atom. The third-order valence-corrected chi connectivity index (χ3v) is 8.21. The number of aromatic nitrogens is 2. The van der Waals surface area contributed by atoms with Crippen LogP contribution in [-0.4, -0.2) is 47.8 Å². The van der Waals surface area contributed by atoms with Gasteiger partial charge in [0.2, 0.25) is 0 Å². The number of imidazole rings is 1. The maximum atomic E-state index is 12.6. The number of rotatable bonds is 4. The Bertz CT molecular complexity index is 1070. The molecule has 0 spiro atoms. The first-order valence-corrected chi connectivity index (χ1v) is 13.0. The molecule has 3 heterocycles. The maximum Gasteiger partial charge on any atom is 0.414 e. The summed E-state index contributed by atoms with van der Waals surface area (Å²) < 4.78 is 13.3. The van der Waals surface area contributed by atoms with Crippen molar-refractivity contribution in [2.75, 3.05) is 25.2 Å². The van der Waals surface area contributed by atoms with Crippen molar-refractivity contribution in [2.45, 2.75) is 83.7 Å². The van der Waals surface area contributed by atoms with E-state index >= 15 is 0 Å². The average molecular weight is 468 g/mol. The number of carbonyl (C=O) groups is 2. The minimum absolute atomic E-state index is 0.0908. The van der Waals surface area contributed by atoms with Crippen molar-refractivity contribution in [1.29, 1.82) is 0 Å². The lowest BCUT2D eigenvalue weighted by molar-refractivity contribution is -0.122. The van der Waals surface area contributed by atoms with Crippen LogP contribution in [0, 0.1) is 11.8 Å². The molecule has 2 fully saturated rings. The molecule has 34 heavy (non-hydrogen) atoms. The van der Waals surface area contributed by atoms with Gasteiger partial charge in [0.05, 0.1) is 23.8 Å². The fourth-order valence-electron chi connectivity index (χ4n) is 6.37. The summed E-state index contributed by atoms with van der Waals surface area (Å²) >= 11 is 0. The van der Waals surface area contributed by atoms with Crippen LogP contribution in [0.5, 0.6) is 0 Å². The zero-order valence-electron chi connectivity index (χ0n) is 20.7. The van der Waals surface area contributed by atoms with Crippen LogP contribution in [0.4, 0.5) is 10.5 Å². The molecular formula is C27H37N3O4. The van der Waals surface area contributed by atoms with Gasteiger partial charge in [0.1, 0.15) is 11.6 Å². The Hall–Kier alpha value is -2.41. The van der Waals surface area contributed by atoms with Gasteiger partial charge >= 0.3 is 6.09 Å². The summed E-state index contributed by atoms with van der Waals surface area (Å²) in [5.41, 5.74) is 4.20. The molecule has 1 saturated heterocycles. The first-order valence-electron chi connectivity index (χ1n) is 13.0. The Kier molecular flexibility index (Phi) is 6.65. The monoisotopic (exact) mass is 467 g/mol. The Balaban J connectivity index is 1.60. The molecule has 1 aromatic heterocycles. The summed E-state index contributed by atoms with van der Waals surface area (Å²) in [6.45, 7) is 5.44. The molecule has 2 aliphatic heterocycles. The molecule has 1 saturated carbocycles. The van der Waals surface area contributed by atoms with Crippen molar-refractivity contribution >= 4 is 28.6 Å². The van der Waals surface area contributed by atoms with Crippen LogP contribution in [0.25, 0.3) is 11.0 Å². The van der Waals surface area contributed by atoms with Gasteiger partial charge in [-0.15, -0.1) is 0 Å². The van der Waals surface area contributed by atoms with Gasteiger partial charge in [-0.05, 0) is 76.8 Å². The van der Waals surface area contributed by atoms with Crippen LogP contribution in [-0.2, 0) is 27.1 Å².